The molecule has 0 spiro atoms. The smallest absolute Gasteiger partial charge is 0.101 e. The predicted molar refractivity (Wildman–Crippen MR) is 155 cm³/mol. The van der Waals surface area contributed by atoms with Crippen molar-refractivity contribution < 1.29 is 0 Å². The topological polar surface area (TPSA) is 30.3 Å². The van der Waals surface area contributed by atoms with Gasteiger partial charge in [0.25, 0.3) is 0 Å². The number of hydrogen-bond acceptors (Lipinski definition) is 3. The van der Waals surface area contributed by atoms with Crippen molar-refractivity contribution in [3.05, 3.63) is 100 Å². The quantitative estimate of drug-likeness (QED) is 0.322. The number of nitrogens with zero attached hydrogens (tertiary/aromatic N) is 3. The van der Waals surface area contributed by atoms with Gasteiger partial charge in [-0.3, -0.25) is 4.90 Å². The van der Waals surface area contributed by atoms with Gasteiger partial charge in [0.2, 0.25) is 0 Å². The molecule has 0 unspecified atom stereocenters. The van der Waals surface area contributed by atoms with E-state index in [1.54, 1.807) is 0 Å². The summed E-state index contributed by atoms with van der Waals surface area (Å²) in [7, 11) is 0. The fraction of sp³-hybridized carbons (Fsp3) is 0.382. The number of piperazine rings is 1. The van der Waals surface area contributed by atoms with Crippen molar-refractivity contribution in [1.82, 2.24) is 4.90 Å². The molecule has 0 amide bonds. The molecule has 1 heterocycles. The Kier molecular flexibility index (Phi) is 7.77. The van der Waals surface area contributed by atoms with E-state index in [-0.39, 0.29) is 0 Å². The fourth-order valence-electron chi connectivity index (χ4n) is 6.14. The Balaban J connectivity index is 1.49. The summed E-state index contributed by atoms with van der Waals surface area (Å²) >= 11 is 0. The number of fused-ring (bicyclic) bond motifs is 3. The molecule has 3 aromatic rings. The van der Waals surface area contributed by atoms with Crippen molar-refractivity contribution in [2.75, 3.05) is 31.1 Å². The molecule has 1 atom stereocenters. The maximum atomic E-state index is 10.4. The average molecular weight is 490 g/mol. The van der Waals surface area contributed by atoms with Gasteiger partial charge in [-0.2, -0.15) is 5.26 Å². The highest BCUT2D eigenvalue weighted by Gasteiger charge is 2.30. The van der Waals surface area contributed by atoms with E-state index in [4.69, 9.17) is 0 Å². The van der Waals surface area contributed by atoms with Crippen molar-refractivity contribution in [3.8, 4) is 17.2 Å². The highest BCUT2D eigenvalue weighted by molar-refractivity contribution is 5.85. The minimum Gasteiger partial charge on any atom is -0.368 e. The molecule has 1 aliphatic heterocycles. The molecule has 3 aromatic carbocycles. The third kappa shape index (κ3) is 5.50. The Hall–Kier alpha value is -3.35. The molecule has 0 bridgehead atoms. The van der Waals surface area contributed by atoms with Crippen LogP contribution in [0, 0.1) is 11.3 Å². The van der Waals surface area contributed by atoms with Crippen LogP contribution in [0.2, 0.25) is 0 Å². The molecule has 2 aliphatic rings. The summed E-state index contributed by atoms with van der Waals surface area (Å²) in [4.78, 5) is 5.05. The van der Waals surface area contributed by atoms with Gasteiger partial charge in [0, 0.05) is 32.7 Å². The number of allylic oxidation sites excluding steroid dienone is 2. The van der Waals surface area contributed by atoms with Crippen LogP contribution in [-0.2, 0) is 19.4 Å². The lowest BCUT2D eigenvalue weighted by Crippen LogP contribution is -2.46. The number of anilines is 1. The number of aryl methyl sites for hydroxylation is 1. The summed E-state index contributed by atoms with van der Waals surface area (Å²) in [5.74, 6) is 0.402. The first-order chi connectivity index (χ1) is 18.0. The monoisotopic (exact) mass is 489 g/mol. The zero-order valence-corrected chi connectivity index (χ0v) is 22.6. The zero-order chi connectivity index (χ0) is 25.8. The number of nitriles is 1. The molecule has 3 heteroatoms. The zero-order valence-electron chi connectivity index (χ0n) is 22.6. The number of rotatable bonds is 7. The van der Waals surface area contributed by atoms with E-state index in [1.165, 1.54) is 44.6 Å². The molecule has 0 radical (unpaired) electrons. The highest BCUT2D eigenvalue weighted by atomic mass is 15.3. The molecule has 37 heavy (non-hydrogen) atoms. The molecule has 0 N–H and O–H groups in total. The first-order valence-corrected chi connectivity index (χ1v) is 13.9. The van der Waals surface area contributed by atoms with Crippen LogP contribution in [0.5, 0.6) is 0 Å². The van der Waals surface area contributed by atoms with Crippen LogP contribution in [0.15, 0.2) is 72.3 Å². The summed E-state index contributed by atoms with van der Waals surface area (Å²) in [6.45, 7) is 11.6. The minimum absolute atomic E-state index is 0.402. The number of hydrogen-bond donors (Lipinski definition) is 0. The van der Waals surface area contributed by atoms with Gasteiger partial charge in [-0.15, -0.1) is 0 Å². The molecule has 1 saturated heterocycles. The van der Waals surface area contributed by atoms with Gasteiger partial charge in [-0.25, -0.2) is 0 Å². The van der Waals surface area contributed by atoms with Crippen molar-refractivity contribution in [2.24, 2.45) is 0 Å². The Morgan fingerprint density at radius 1 is 0.973 bits per heavy atom. The van der Waals surface area contributed by atoms with Gasteiger partial charge in [0.05, 0.1) is 11.3 Å². The van der Waals surface area contributed by atoms with E-state index in [0.717, 1.165) is 64.0 Å². The maximum absolute atomic E-state index is 10.4. The SMILES string of the molecule is CC(C)=CCC[C@H](C)c1cc(C#N)c(N2CCN(Cc3ccccc3)CC2)c2c1-c1ccccc1CC2. The first-order valence-electron chi connectivity index (χ1n) is 13.9. The molecule has 190 valence electrons. The lowest BCUT2D eigenvalue weighted by Gasteiger charge is -2.39. The van der Waals surface area contributed by atoms with Gasteiger partial charge >= 0.3 is 0 Å². The van der Waals surface area contributed by atoms with E-state index in [2.05, 4.69) is 103 Å². The maximum Gasteiger partial charge on any atom is 0.101 e. The number of benzene rings is 3. The summed E-state index contributed by atoms with van der Waals surface area (Å²) in [5, 5.41) is 10.4. The highest BCUT2D eigenvalue weighted by Crippen LogP contribution is 2.45. The molecule has 5 rings (SSSR count). The van der Waals surface area contributed by atoms with E-state index in [0.29, 0.717) is 5.92 Å². The van der Waals surface area contributed by atoms with Crippen molar-refractivity contribution in [3.63, 3.8) is 0 Å². The average Bonchev–Trinajstić information content (AvgIpc) is 2.92. The minimum atomic E-state index is 0.402. The van der Waals surface area contributed by atoms with Crippen LogP contribution < -0.4 is 4.90 Å². The Morgan fingerprint density at radius 2 is 1.70 bits per heavy atom. The summed E-state index contributed by atoms with van der Waals surface area (Å²) in [6, 6.07) is 24.5. The van der Waals surface area contributed by atoms with E-state index in [1.807, 2.05) is 0 Å². The molecule has 1 fully saturated rings. The van der Waals surface area contributed by atoms with Gasteiger partial charge in [-0.05, 0) is 84.9 Å². The largest absolute Gasteiger partial charge is 0.368 e. The first kappa shape index (κ1) is 25.3. The van der Waals surface area contributed by atoms with Crippen LogP contribution in [-0.4, -0.2) is 31.1 Å². The van der Waals surface area contributed by atoms with E-state index >= 15 is 0 Å². The van der Waals surface area contributed by atoms with Crippen LogP contribution in [0.4, 0.5) is 5.69 Å². The Labute approximate surface area is 223 Å². The van der Waals surface area contributed by atoms with E-state index < -0.39 is 0 Å². The summed E-state index contributed by atoms with van der Waals surface area (Å²) in [5.41, 5.74) is 11.8. The molecular weight excluding hydrogens is 450 g/mol. The Bertz CT molecular complexity index is 1300. The van der Waals surface area contributed by atoms with Gasteiger partial charge < -0.3 is 4.90 Å². The van der Waals surface area contributed by atoms with Crippen molar-refractivity contribution in [1.29, 1.82) is 5.26 Å². The van der Waals surface area contributed by atoms with Crippen LogP contribution in [0.1, 0.15) is 67.3 Å². The molecule has 0 aromatic heterocycles. The lowest BCUT2D eigenvalue weighted by molar-refractivity contribution is 0.249. The van der Waals surface area contributed by atoms with Crippen molar-refractivity contribution >= 4 is 5.69 Å². The third-order valence-electron chi connectivity index (χ3n) is 8.10. The second-order valence-electron chi connectivity index (χ2n) is 11.0. The summed E-state index contributed by atoms with van der Waals surface area (Å²) < 4.78 is 0. The molecule has 1 aliphatic carbocycles. The molecular formula is C34H39N3. The third-order valence-corrected chi connectivity index (χ3v) is 8.10. The molecule has 0 saturated carbocycles. The fourth-order valence-corrected chi connectivity index (χ4v) is 6.14. The van der Waals surface area contributed by atoms with Gasteiger partial charge in [-0.1, -0.05) is 73.2 Å². The predicted octanol–water partition coefficient (Wildman–Crippen LogP) is 7.50. The van der Waals surface area contributed by atoms with Crippen LogP contribution in [0.25, 0.3) is 11.1 Å². The standard InChI is InChI=1S/C34H39N3/c1-25(2)10-9-11-26(3)32-22-29(23-35)34(31-17-16-28-14-7-8-15-30(28)33(31)32)37-20-18-36(19-21-37)24-27-12-5-4-6-13-27/h4-8,10,12-15,22,26H,9,11,16-21,24H2,1-3H3/t26-/m0/s1. The second kappa shape index (κ2) is 11.4. The second-order valence-corrected chi connectivity index (χ2v) is 11.0. The van der Waals surface area contributed by atoms with Crippen molar-refractivity contribution in [2.45, 2.75) is 58.9 Å². The van der Waals surface area contributed by atoms with Gasteiger partial charge in [0.1, 0.15) is 6.07 Å². The van der Waals surface area contributed by atoms with E-state index in [9.17, 15) is 5.26 Å². The lowest BCUT2D eigenvalue weighted by atomic mass is 9.77. The normalized spacial score (nSPS) is 15.9. The molecule has 3 nitrogen and oxygen atoms in total. The van der Waals surface area contributed by atoms with Crippen LogP contribution in [0.3, 0.4) is 0 Å². The summed E-state index contributed by atoms with van der Waals surface area (Å²) in [6.07, 6.45) is 6.57. The Morgan fingerprint density at radius 3 is 2.43 bits per heavy atom. The van der Waals surface area contributed by atoms with Crippen LogP contribution >= 0.6 is 0 Å². The van der Waals surface area contributed by atoms with Gasteiger partial charge in [0.15, 0.2) is 0 Å².